The maximum absolute atomic E-state index is 13.8. The molecule has 5 nitrogen and oxygen atoms in total. The third-order valence-corrected chi connectivity index (χ3v) is 3.60. The van der Waals surface area contributed by atoms with E-state index < -0.39 is 17.9 Å². The second-order valence-electron chi connectivity index (χ2n) is 5.17. The summed E-state index contributed by atoms with van der Waals surface area (Å²) in [7, 11) is 0. The summed E-state index contributed by atoms with van der Waals surface area (Å²) in [6.07, 6.45) is 0.195. The first-order valence-corrected chi connectivity index (χ1v) is 7.62. The van der Waals surface area contributed by atoms with E-state index in [0.29, 0.717) is 31.5 Å². The smallest absolute Gasteiger partial charge is 0.410 e. The van der Waals surface area contributed by atoms with E-state index in [1.54, 1.807) is 6.92 Å². The average Bonchev–Trinajstić information content (AvgIpc) is 2.60. The van der Waals surface area contributed by atoms with Gasteiger partial charge in [-0.05, 0) is 30.9 Å². The summed E-state index contributed by atoms with van der Waals surface area (Å²) in [5.74, 6) is -1.76. The topological polar surface area (TPSA) is 55.8 Å². The van der Waals surface area contributed by atoms with Gasteiger partial charge in [0.25, 0.3) is 0 Å². The maximum atomic E-state index is 13.8. The summed E-state index contributed by atoms with van der Waals surface area (Å²) in [4.78, 5) is 24.9. The molecule has 1 saturated heterocycles. The number of halogens is 1. The molecule has 0 unspecified atom stereocenters. The summed E-state index contributed by atoms with van der Waals surface area (Å²) < 4.78 is 23.7. The highest BCUT2D eigenvalue weighted by Crippen LogP contribution is 2.22. The van der Waals surface area contributed by atoms with Gasteiger partial charge in [0.2, 0.25) is 5.83 Å². The van der Waals surface area contributed by atoms with Crippen molar-refractivity contribution < 1.29 is 23.5 Å². The Hall–Kier alpha value is -2.37. The summed E-state index contributed by atoms with van der Waals surface area (Å²) in [5.41, 5.74) is 1.31. The largest absolute Gasteiger partial charge is 0.461 e. The van der Waals surface area contributed by atoms with Gasteiger partial charge in [0.05, 0.1) is 6.61 Å². The molecule has 1 fully saturated rings. The summed E-state index contributed by atoms with van der Waals surface area (Å²) in [6.45, 7) is 2.63. The van der Waals surface area contributed by atoms with Gasteiger partial charge in [0, 0.05) is 13.1 Å². The zero-order chi connectivity index (χ0) is 16.7. The van der Waals surface area contributed by atoms with Crippen LogP contribution in [0.25, 0.3) is 0 Å². The van der Waals surface area contributed by atoms with Crippen molar-refractivity contribution in [3.05, 3.63) is 47.3 Å². The Morgan fingerprint density at radius 1 is 1.13 bits per heavy atom. The predicted octanol–water partition coefficient (Wildman–Crippen LogP) is 3.21. The van der Waals surface area contributed by atoms with E-state index in [9.17, 15) is 14.0 Å². The number of esters is 1. The van der Waals surface area contributed by atoms with Crippen molar-refractivity contribution in [3.63, 3.8) is 0 Å². The normalized spacial score (nSPS) is 14.3. The Labute approximate surface area is 134 Å². The molecular weight excluding hydrogens is 301 g/mol. The molecule has 0 N–H and O–H groups in total. The van der Waals surface area contributed by atoms with Crippen molar-refractivity contribution in [2.24, 2.45) is 0 Å². The molecule has 0 radical (unpaired) electrons. The van der Waals surface area contributed by atoms with E-state index in [0.717, 1.165) is 5.56 Å². The zero-order valence-electron chi connectivity index (χ0n) is 13.1. The third-order valence-electron chi connectivity index (χ3n) is 3.60. The second-order valence-corrected chi connectivity index (χ2v) is 5.17. The molecule has 1 heterocycles. The molecule has 0 bridgehead atoms. The maximum Gasteiger partial charge on any atom is 0.410 e. The average molecular weight is 321 g/mol. The SMILES string of the molecule is CCOC(=O)C(F)=C1CCN(C(=O)OCc2ccccc2)CC1. The van der Waals surface area contributed by atoms with Crippen molar-refractivity contribution in [1.29, 1.82) is 0 Å². The molecule has 124 valence electrons. The van der Waals surface area contributed by atoms with Crippen molar-refractivity contribution in [2.75, 3.05) is 19.7 Å². The zero-order valence-corrected chi connectivity index (χ0v) is 13.1. The van der Waals surface area contributed by atoms with E-state index in [-0.39, 0.29) is 13.2 Å². The second kappa shape index (κ2) is 8.31. The molecule has 0 saturated carbocycles. The fraction of sp³-hybridized carbons (Fsp3) is 0.412. The van der Waals surface area contributed by atoms with Crippen LogP contribution >= 0.6 is 0 Å². The fourth-order valence-corrected chi connectivity index (χ4v) is 2.33. The van der Waals surface area contributed by atoms with Crippen LogP contribution in [0.4, 0.5) is 9.18 Å². The number of piperidine rings is 1. The molecule has 0 aromatic heterocycles. The molecule has 1 aromatic rings. The standard InChI is InChI=1S/C17H20FNO4/c1-2-22-16(20)15(18)14-8-10-19(11-9-14)17(21)23-12-13-6-4-3-5-7-13/h3-7H,2,8-12H2,1H3. The van der Waals surface area contributed by atoms with Crippen LogP contribution < -0.4 is 0 Å². The van der Waals surface area contributed by atoms with Crippen molar-refractivity contribution in [1.82, 2.24) is 4.90 Å². The highest BCUT2D eigenvalue weighted by Gasteiger charge is 2.25. The summed E-state index contributed by atoms with van der Waals surface area (Å²) in [6, 6.07) is 9.39. The van der Waals surface area contributed by atoms with Crippen molar-refractivity contribution >= 4 is 12.1 Å². The van der Waals surface area contributed by atoms with Gasteiger partial charge in [-0.15, -0.1) is 0 Å². The van der Waals surface area contributed by atoms with E-state index in [2.05, 4.69) is 4.74 Å². The first-order valence-electron chi connectivity index (χ1n) is 7.62. The van der Waals surface area contributed by atoms with E-state index in [1.807, 2.05) is 30.3 Å². The molecule has 1 aliphatic rings. The Balaban J connectivity index is 1.83. The van der Waals surface area contributed by atoms with Gasteiger partial charge in [0.15, 0.2) is 0 Å². The number of ether oxygens (including phenoxy) is 2. The van der Waals surface area contributed by atoms with Crippen LogP contribution in [0.2, 0.25) is 0 Å². The number of hydrogen-bond donors (Lipinski definition) is 0. The van der Waals surface area contributed by atoms with Gasteiger partial charge in [-0.3, -0.25) is 0 Å². The van der Waals surface area contributed by atoms with E-state index in [4.69, 9.17) is 4.74 Å². The van der Waals surface area contributed by atoms with Gasteiger partial charge < -0.3 is 14.4 Å². The molecule has 2 rings (SSSR count). The van der Waals surface area contributed by atoms with Gasteiger partial charge >= 0.3 is 12.1 Å². The van der Waals surface area contributed by atoms with Crippen LogP contribution in [-0.2, 0) is 20.9 Å². The number of nitrogens with zero attached hydrogens (tertiary/aromatic N) is 1. The minimum atomic E-state index is -0.928. The highest BCUT2D eigenvalue weighted by molar-refractivity contribution is 5.87. The molecule has 6 heteroatoms. The van der Waals surface area contributed by atoms with Crippen LogP contribution in [0, 0.1) is 0 Å². The van der Waals surface area contributed by atoms with Crippen LogP contribution in [0.15, 0.2) is 41.7 Å². The number of likely N-dealkylation sites (tertiary alicyclic amines) is 1. The van der Waals surface area contributed by atoms with Gasteiger partial charge in [0.1, 0.15) is 6.61 Å². The number of rotatable bonds is 4. The Kier molecular flexibility index (Phi) is 6.14. The lowest BCUT2D eigenvalue weighted by molar-refractivity contribution is -0.140. The van der Waals surface area contributed by atoms with E-state index >= 15 is 0 Å². The van der Waals surface area contributed by atoms with Gasteiger partial charge in [-0.2, -0.15) is 4.39 Å². The van der Waals surface area contributed by atoms with E-state index in [1.165, 1.54) is 4.90 Å². The monoisotopic (exact) mass is 321 g/mol. The molecular formula is C17H20FNO4. The first kappa shape index (κ1) is 17.0. The van der Waals surface area contributed by atoms with Crippen molar-refractivity contribution in [3.8, 4) is 0 Å². The van der Waals surface area contributed by atoms with Crippen molar-refractivity contribution in [2.45, 2.75) is 26.4 Å². The summed E-state index contributed by atoms with van der Waals surface area (Å²) >= 11 is 0. The van der Waals surface area contributed by atoms with Crippen LogP contribution in [-0.4, -0.2) is 36.7 Å². The molecule has 1 aliphatic heterocycles. The molecule has 0 spiro atoms. The van der Waals surface area contributed by atoms with Gasteiger partial charge in [-0.1, -0.05) is 30.3 Å². The molecule has 0 atom stereocenters. The molecule has 1 aromatic carbocycles. The molecule has 0 aliphatic carbocycles. The third kappa shape index (κ3) is 4.81. The number of carbonyl (C=O) groups is 2. The minimum Gasteiger partial charge on any atom is -0.461 e. The van der Waals surface area contributed by atoms with Crippen LogP contribution in [0.1, 0.15) is 25.3 Å². The number of amides is 1. The lowest BCUT2D eigenvalue weighted by atomic mass is 10.0. The quantitative estimate of drug-likeness (QED) is 0.631. The molecule has 23 heavy (non-hydrogen) atoms. The first-order chi connectivity index (χ1) is 11.1. The fourth-order valence-electron chi connectivity index (χ4n) is 2.33. The summed E-state index contributed by atoms with van der Waals surface area (Å²) in [5, 5.41) is 0. The number of carbonyl (C=O) groups excluding carboxylic acids is 2. The van der Waals surface area contributed by atoms with Crippen LogP contribution in [0.3, 0.4) is 0 Å². The Morgan fingerprint density at radius 3 is 2.39 bits per heavy atom. The minimum absolute atomic E-state index is 0.136. The number of hydrogen-bond acceptors (Lipinski definition) is 4. The Morgan fingerprint density at radius 2 is 1.78 bits per heavy atom. The lowest BCUT2D eigenvalue weighted by Crippen LogP contribution is -2.37. The lowest BCUT2D eigenvalue weighted by Gasteiger charge is -2.27. The predicted molar refractivity (Wildman–Crippen MR) is 82.2 cm³/mol. The van der Waals surface area contributed by atoms with Crippen LogP contribution in [0.5, 0.6) is 0 Å². The number of benzene rings is 1. The van der Waals surface area contributed by atoms with Gasteiger partial charge in [-0.25, -0.2) is 9.59 Å². The molecule has 1 amide bonds. The Bertz CT molecular complexity index is 576. The highest BCUT2D eigenvalue weighted by atomic mass is 19.1.